The first-order valence-electron chi connectivity index (χ1n) is 16.7. The van der Waals surface area contributed by atoms with Crippen LogP contribution in [0.25, 0.3) is 0 Å². The molecule has 2 saturated heterocycles. The van der Waals surface area contributed by atoms with E-state index < -0.39 is 29.3 Å². The summed E-state index contributed by atoms with van der Waals surface area (Å²) in [5, 5.41) is 5.43. The number of piperidine rings is 1. The molecule has 1 unspecified atom stereocenters. The van der Waals surface area contributed by atoms with Crippen molar-refractivity contribution >= 4 is 47.7 Å². The number of anilines is 1. The number of rotatable bonds is 11. The topological polar surface area (TPSA) is 132 Å². The van der Waals surface area contributed by atoms with Crippen LogP contribution in [-0.2, 0) is 20.9 Å². The van der Waals surface area contributed by atoms with Crippen molar-refractivity contribution in [3.8, 4) is 0 Å². The molecule has 3 heterocycles. The van der Waals surface area contributed by atoms with Crippen LogP contribution in [0.5, 0.6) is 0 Å². The summed E-state index contributed by atoms with van der Waals surface area (Å²) >= 11 is 1.72. The molecule has 2 aromatic rings. The van der Waals surface area contributed by atoms with E-state index in [1.165, 1.54) is 18.7 Å². The van der Waals surface area contributed by atoms with Crippen molar-refractivity contribution in [2.24, 2.45) is 0 Å². The number of fused-ring (bicyclic) bond motifs is 1. The van der Waals surface area contributed by atoms with Crippen molar-refractivity contribution in [2.45, 2.75) is 75.6 Å². The van der Waals surface area contributed by atoms with Gasteiger partial charge in [-0.15, -0.1) is 0 Å². The fourth-order valence-electron chi connectivity index (χ4n) is 6.29. The molecule has 3 aliphatic heterocycles. The molecule has 49 heavy (non-hydrogen) atoms. The van der Waals surface area contributed by atoms with Crippen molar-refractivity contribution in [1.82, 2.24) is 24.7 Å². The Morgan fingerprint density at radius 2 is 1.69 bits per heavy atom. The lowest BCUT2D eigenvalue weighted by atomic mass is 10.1. The van der Waals surface area contributed by atoms with Crippen LogP contribution in [0.4, 0.5) is 14.9 Å². The molecule has 2 N–H and O–H groups in total. The van der Waals surface area contributed by atoms with Gasteiger partial charge in [-0.1, -0.05) is 12.1 Å². The highest BCUT2D eigenvalue weighted by Crippen LogP contribution is 2.33. The van der Waals surface area contributed by atoms with Gasteiger partial charge in [0.15, 0.2) is 0 Å². The van der Waals surface area contributed by atoms with Gasteiger partial charge in [-0.25, -0.2) is 13.5 Å². The zero-order valence-electron chi connectivity index (χ0n) is 28.5. The summed E-state index contributed by atoms with van der Waals surface area (Å²) in [5.74, 6) is -2.30. The van der Waals surface area contributed by atoms with E-state index in [1.54, 1.807) is 11.9 Å². The minimum atomic E-state index is -1.11. The molecule has 3 aliphatic rings. The van der Waals surface area contributed by atoms with Crippen LogP contribution >= 0.6 is 11.9 Å². The molecule has 0 radical (unpaired) electrons. The minimum absolute atomic E-state index is 0.0126. The zero-order valence-corrected chi connectivity index (χ0v) is 29.3. The summed E-state index contributed by atoms with van der Waals surface area (Å²) < 4.78 is 23.1. The normalized spacial score (nSPS) is 18.3. The molecule has 0 aliphatic carbocycles. The fourth-order valence-corrected chi connectivity index (χ4v) is 7.33. The second-order valence-corrected chi connectivity index (χ2v) is 14.8. The van der Waals surface area contributed by atoms with Gasteiger partial charge < -0.3 is 25.1 Å². The van der Waals surface area contributed by atoms with Crippen molar-refractivity contribution in [1.29, 1.82) is 0 Å². The Hall–Kier alpha value is -4.01. The van der Waals surface area contributed by atoms with E-state index >= 15 is 4.39 Å². The molecule has 0 bridgehead atoms. The third-order valence-electron chi connectivity index (χ3n) is 8.85. The molecule has 0 aromatic heterocycles. The summed E-state index contributed by atoms with van der Waals surface area (Å²) in [6.45, 7) is 10.4. The number of piperazine rings is 1. The summed E-state index contributed by atoms with van der Waals surface area (Å²) in [6, 6.07) is 9.93. The van der Waals surface area contributed by atoms with Gasteiger partial charge in [-0.3, -0.25) is 24.2 Å². The quantitative estimate of drug-likeness (QED) is 0.203. The first kappa shape index (κ1) is 36.3. The lowest BCUT2D eigenvalue weighted by Crippen LogP contribution is -2.46. The molecule has 0 spiro atoms. The number of ether oxygens (including phenoxy) is 1. The number of halogens is 1. The number of carbonyl (C=O) groups is 5. The van der Waals surface area contributed by atoms with Crippen LogP contribution in [0.15, 0.2) is 41.3 Å². The van der Waals surface area contributed by atoms with E-state index in [-0.39, 0.29) is 47.7 Å². The third kappa shape index (κ3) is 9.17. The average Bonchev–Trinajstić information content (AvgIpc) is 3.29. The van der Waals surface area contributed by atoms with E-state index in [1.807, 2.05) is 25.7 Å². The SMILES string of the molecule is CNC(=O)CCC(C=O)N1C(=O)c2cc(F)c(N3CCN(Cc4cccc(SN5CCC(NC(=O)OC(C)(C)C)CC5)c4)CC3)cc2C1=O. The molecule has 2 fully saturated rings. The highest BCUT2D eigenvalue weighted by atomic mass is 32.2. The average molecular weight is 697 g/mol. The number of alkyl carbamates (subject to hydrolysis) is 1. The largest absolute Gasteiger partial charge is 0.444 e. The number of hydrogen-bond acceptors (Lipinski definition) is 10. The Morgan fingerprint density at radius 1 is 1.02 bits per heavy atom. The Labute approximate surface area is 290 Å². The number of aldehydes is 1. The van der Waals surface area contributed by atoms with E-state index in [4.69, 9.17) is 4.74 Å². The number of amides is 4. The van der Waals surface area contributed by atoms with Crippen molar-refractivity contribution in [2.75, 3.05) is 51.2 Å². The fraction of sp³-hybridized carbons (Fsp3) is 0.514. The maximum Gasteiger partial charge on any atom is 0.407 e. The van der Waals surface area contributed by atoms with Crippen LogP contribution in [0.1, 0.15) is 72.7 Å². The van der Waals surface area contributed by atoms with Gasteiger partial charge in [0.2, 0.25) is 5.91 Å². The Morgan fingerprint density at radius 3 is 2.33 bits per heavy atom. The number of nitrogens with zero attached hydrogens (tertiary/aromatic N) is 4. The second kappa shape index (κ2) is 15.7. The standard InChI is InChI=1S/C35H45FN6O6S/c1-35(2,3)48-34(47)38-24-10-12-41(13-11-24)49-26-7-5-6-23(18-26)21-39-14-16-40(17-15-39)30-20-28-27(19-29(30)36)32(45)42(33(28)46)25(22-43)8-9-31(44)37-4/h5-7,18-20,22,24-25H,8-17,21H2,1-4H3,(H,37,44)(H,38,47). The number of imide groups is 1. The Bertz CT molecular complexity index is 1570. The molecule has 2 aromatic carbocycles. The summed E-state index contributed by atoms with van der Waals surface area (Å²) in [4.78, 5) is 68.0. The number of hydrogen-bond donors (Lipinski definition) is 2. The summed E-state index contributed by atoms with van der Waals surface area (Å²) in [6.07, 6.45) is 1.76. The molecule has 1 atom stereocenters. The van der Waals surface area contributed by atoms with Crippen LogP contribution in [0.2, 0.25) is 0 Å². The zero-order chi connectivity index (χ0) is 35.3. The maximum atomic E-state index is 15.4. The first-order valence-corrected chi connectivity index (χ1v) is 17.5. The molecule has 4 amide bonds. The highest BCUT2D eigenvalue weighted by molar-refractivity contribution is 7.97. The van der Waals surface area contributed by atoms with E-state index in [0.717, 1.165) is 48.3 Å². The lowest BCUT2D eigenvalue weighted by molar-refractivity contribution is -0.121. The molecule has 0 saturated carbocycles. The van der Waals surface area contributed by atoms with Gasteiger partial charge in [0.05, 0.1) is 22.9 Å². The number of benzene rings is 2. The van der Waals surface area contributed by atoms with Gasteiger partial charge >= 0.3 is 6.09 Å². The van der Waals surface area contributed by atoms with Crippen molar-refractivity contribution in [3.05, 3.63) is 58.9 Å². The molecular weight excluding hydrogens is 651 g/mol. The Balaban J connectivity index is 1.12. The van der Waals surface area contributed by atoms with Crippen molar-refractivity contribution in [3.63, 3.8) is 0 Å². The summed E-state index contributed by atoms with van der Waals surface area (Å²) in [5.41, 5.74) is 0.893. The van der Waals surface area contributed by atoms with Crippen LogP contribution in [-0.4, -0.2) is 108 Å². The van der Waals surface area contributed by atoms with Gasteiger partial charge in [0, 0.05) is 70.2 Å². The molecular formula is C35H45FN6O6S. The van der Waals surface area contributed by atoms with Crippen LogP contribution in [0.3, 0.4) is 0 Å². The number of nitrogens with one attached hydrogen (secondary N) is 2. The molecule has 12 nitrogen and oxygen atoms in total. The molecule has 264 valence electrons. The smallest absolute Gasteiger partial charge is 0.407 e. The lowest BCUT2D eigenvalue weighted by Gasteiger charge is -2.36. The second-order valence-electron chi connectivity index (χ2n) is 13.6. The maximum absolute atomic E-state index is 15.4. The van der Waals surface area contributed by atoms with Gasteiger partial charge in [-0.05, 0) is 81.8 Å². The predicted octanol–water partition coefficient (Wildman–Crippen LogP) is 3.83. The Kier molecular flexibility index (Phi) is 11.6. The summed E-state index contributed by atoms with van der Waals surface area (Å²) in [7, 11) is 1.46. The molecule has 14 heteroatoms. The van der Waals surface area contributed by atoms with E-state index in [0.29, 0.717) is 32.5 Å². The number of carbonyl (C=O) groups excluding carboxylic acids is 5. The highest BCUT2D eigenvalue weighted by Gasteiger charge is 2.41. The van der Waals surface area contributed by atoms with Crippen molar-refractivity contribution < 1.29 is 33.1 Å². The van der Waals surface area contributed by atoms with Crippen LogP contribution < -0.4 is 15.5 Å². The van der Waals surface area contributed by atoms with E-state index in [9.17, 15) is 24.0 Å². The van der Waals surface area contributed by atoms with Gasteiger partial charge in [-0.2, -0.15) is 0 Å². The monoisotopic (exact) mass is 696 g/mol. The first-order chi connectivity index (χ1) is 23.3. The van der Waals surface area contributed by atoms with Crippen LogP contribution in [0, 0.1) is 5.82 Å². The molecule has 5 rings (SSSR count). The minimum Gasteiger partial charge on any atom is -0.444 e. The predicted molar refractivity (Wildman–Crippen MR) is 184 cm³/mol. The van der Waals surface area contributed by atoms with E-state index in [2.05, 4.69) is 44.1 Å². The van der Waals surface area contributed by atoms with Gasteiger partial charge in [0.1, 0.15) is 17.7 Å². The third-order valence-corrected chi connectivity index (χ3v) is 9.94. The van der Waals surface area contributed by atoms with Gasteiger partial charge in [0.25, 0.3) is 11.8 Å².